The fourth-order valence-corrected chi connectivity index (χ4v) is 2.24. The van der Waals surface area contributed by atoms with E-state index < -0.39 is 0 Å². The molecular weight excluding hydrogens is 274 g/mol. The smallest absolute Gasteiger partial charge is 0.142 e. The summed E-state index contributed by atoms with van der Waals surface area (Å²) in [6, 6.07) is 13.4. The number of nitrogens with one attached hydrogen (secondary N) is 1. The van der Waals surface area contributed by atoms with Crippen LogP contribution < -0.4 is 10.1 Å². The molecule has 1 unspecified atom stereocenters. The monoisotopic (exact) mass is 291 g/mol. The van der Waals surface area contributed by atoms with Crippen LogP contribution in [-0.4, -0.2) is 12.2 Å². The molecule has 0 amide bonds. The summed E-state index contributed by atoms with van der Waals surface area (Å²) in [7, 11) is 1.63. The van der Waals surface area contributed by atoms with Crippen LogP contribution in [0.3, 0.4) is 0 Å². The number of anilines is 1. The molecule has 0 aliphatic heterocycles. The maximum atomic E-state index is 9.19. The van der Waals surface area contributed by atoms with Crippen LogP contribution in [0.15, 0.2) is 42.5 Å². The van der Waals surface area contributed by atoms with Crippen LogP contribution in [0.25, 0.3) is 0 Å². The fourth-order valence-electron chi connectivity index (χ4n) is 2.07. The van der Waals surface area contributed by atoms with Gasteiger partial charge in [-0.3, -0.25) is 0 Å². The molecule has 0 fully saturated rings. The number of aliphatic hydroxyl groups is 1. The molecule has 0 saturated heterocycles. The highest BCUT2D eigenvalue weighted by Gasteiger charge is 2.10. The van der Waals surface area contributed by atoms with Crippen LogP contribution in [0.4, 0.5) is 5.69 Å². The third-order valence-electron chi connectivity index (χ3n) is 3.17. The van der Waals surface area contributed by atoms with Crippen molar-refractivity contribution >= 4 is 17.3 Å². The minimum Gasteiger partial charge on any atom is -0.495 e. The summed E-state index contributed by atoms with van der Waals surface area (Å²) in [6.07, 6.45) is 0. The number of hydrogen-bond donors (Lipinski definition) is 2. The molecular formula is C16H18ClNO2. The molecule has 0 aliphatic carbocycles. The van der Waals surface area contributed by atoms with Crippen molar-refractivity contribution in [3.63, 3.8) is 0 Å². The van der Waals surface area contributed by atoms with E-state index in [0.29, 0.717) is 5.02 Å². The molecule has 2 aromatic rings. The summed E-state index contributed by atoms with van der Waals surface area (Å²) in [6.45, 7) is 2.10. The first kappa shape index (κ1) is 14.7. The van der Waals surface area contributed by atoms with Crippen LogP contribution in [0.1, 0.15) is 24.1 Å². The van der Waals surface area contributed by atoms with Gasteiger partial charge in [-0.1, -0.05) is 35.9 Å². The summed E-state index contributed by atoms with van der Waals surface area (Å²) < 4.78 is 5.32. The van der Waals surface area contributed by atoms with Crippen molar-refractivity contribution in [2.45, 2.75) is 19.6 Å². The van der Waals surface area contributed by atoms with Gasteiger partial charge >= 0.3 is 0 Å². The van der Waals surface area contributed by atoms with E-state index in [9.17, 15) is 5.11 Å². The van der Waals surface area contributed by atoms with Gasteiger partial charge in [-0.05, 0) is 36.2 Å². The average molecular weight is 292 g/mol. The fraction of sp³-hybridized carbons (Fsp3) is 0.250. The Bertz CT molecular complexity index is 586. The molecule has 0 spiro atoms. The first-order chi connectivity index (χ1) is 9.63. The zero-order chi connectivity index (χ0) is 14.5. The minimum atomic E-state index is 0.0427. The molecule has 3 nitrogen and oxygen atoms in total. The van der Waals surface area contributed by atoms with Crippen molar-refractivity contribution in [3.8, 4) is 5.75 Å². The number of aliphatic hydroxyl groups excluding tert-OH is 1. The normalized spacial score (nSPS) is 12.0. The first-order valence-corrected chi connectivity index (χ1v) is 6.81. The zero-order valence-electron chi connectivity index (χ0n) is 11.6. The second-order valence-electron chi connectivity index (χ2n) is 4.61. The van der Waals surface area contributed by atoms with Gasteiger partial charge in [0.2, 0.25) is 0 Å². The molecule has 2 rings (SSSR count). The van der Waals surface area contributed by atoms with Crippen molar-refractivity contribution in [2.24, 2.45) is 0 Å². The van der Waals surface area contributed by atoms with E-state index in [1.54, 1.807) is 13.2 Å². The lowest BCUT2D eigenvalue weighted by molar-refractivity contribution is 0.281. The topological polar surface area (TPSA) is 41.5 Å². The van der Waals surface area contributed by atoms with Crippen molar-refractivity contribution in [2.75, 3.05) is 12.4 Å². The van der Waals surface area contributed by atoms with E-state index >= 15 is 0 Å². The van der Waals surface area contributed by atoms with Gasteiger partial charge in [0.25, 0.3) is 0 Å². The van der Waals surface area contributed by atoms with E-state index in [1.165, 1.54) is 0 Å². The van der Waals surface area contributed by atoms with Gasteiger partial charge in [-0.25, -0.2) is 0 Å². The molecule has 2 N–H and O–H groups in total. The second-order valence-corrected chi connectivity index (χ2v) is 5.05. The lowest BCUT2D eigenvalue weighted by Gasteiger charge is -2.18. The predicted octanol–water partition coefficient (Wildman–Crippen LogP) is 4.01. The van der Waals surface area contributed by atoms with E-state index in [-0.39, 0.29) is 12.6 Å². The van der Waals surface area contributed by atoms with Gasteiger partial charge in [0.05, 0.1) is 19.4 Å². The Morgan fingerprint density at radius 2 is 2.05 bits per heavy atom. The van der Waals surface area contributed by atoms with Gasteiger partial charge < -0.3 is 15.2 Å². The molecule has 0 heterocycles. The third kappa shape index (κ3) is 3.44. The molecule has 0 aromatic heterocycles. The van der Waals surface area contributed by atoms with E-state index in [0.717, 1.165) is 22.6 Å². The quantitative estimate of drug-likeness (QED) is 0.874. The number of benzene rings is 2. The number of hydrogen-bond acceptors (Lipinski definition) is 3. The minimum absolute atomic E-state index is 0.0427. The molecule has 0 saturated carbocycles. The number of halogens is 1. The Hall–Kier alpha value is -1.71. The molecule has 0 radical (unpaired) electrons. The van der Waals surface area contributed by atoms with Gasteiger partial charge in [-0.2, -0.15) is 0 Å². The van der Waals surface area contributed by atoms with Crippen LogP contribution in [0.5, 0.6) is 5.75 Å². The van der Waals surface area contributed by atoms with Crippen LogP contribution in [-0.2, 0) is 6.61 Å². The first-order valence-electron chi connectivity index (χ1n) is 6.44. The van der Waals surface area contributed by atoms with Crippen LogP contribution in [0.2, 0.25) is 5.02 Å². The summed E-state index contributed by atoms with van der Waals surface area (Å²) >= 11 is 6.02. The number of rotatable bonds is 5. The second kappa shape index (κ2) is 6.64. The maximum Gasteiger partial charge on any atom is 0.142 e. The Labute approximate surface area is 124 Å². The van der Waals surface area contributed by atoms with Crippen LogP contribution in [0, 0.1) is 0 Å². The maximum absolute atomic E-state index is 9.19. The Morgan fingerprint density at radius 3 is 2.75 bits per heavy atom. The number of methoxy groups -OCH3 is 1. The van der Waals surface area contributed by atoms with Crippen LogP contribution >= 0.6 is 11.6 Å². The van der Waals surface area contributed by atoms with Gasteiger partial charge in [0, 0.05) is 11.1 Å². The Kier molecular flexibility index (Phi) is 4.88. The summed E-state index contributed by atoms with van der Waals surface area (Å²) in [5.74, 6) is 0.750. The number of ether oxygens (including phenoxy) is 1. The van der Waals surface area contributed by atoms with Crippen molar-refractivity contribution in [1.29, 1.82) is 0 Å². The van der Waals surface area contributed by atoms with Crippen molar-refractivity contribution in [1.82, 2.24) is 0 Å². The highest BCUT2D eigenvalue weighted by Crippen LogP contribution is 2.31. The van der Waals surface area contributed by atoms with E-state index in [2.05, 4.69) is 12.2 Å². The SMILES string of the molecule is COc1ccc(Cl)cc1NC(C)c1cccc(CO)c1. The largest absolute Gasteiger partial charge is 0.495 e. The highest BCUT2D eigenvalue weighted by molar-refractivity contribution is 6.30. The Morgan fingerprint density at radius 1 is 1.25 bits per heavy atom. The van der Waals surface area contributed by atoms with Crippen molar-refractivity contribution < 1.29 is 9.84 Å². The molecule has 4 heteroatoms. The lowest BCUT2D eigenvalue weighted by atomic mass is 10.1. The molecule has 106 valence electrons. The third-order valence-corrected chi connectivity index (χ3v) is 3.40. The van der Waals surface area contributed by atoms with Gasteiger partial charge in [0.15, 0.2) is 0 Å². The average Bonchev–Trinajstić information content (AvgIpc) is 2.47. The Balaban J connectivity index is 2.22. The molecule has 0 aliphatic rings. The van der Waals surface area contributed by atoms with E-state index in [4.69, 9.17) is 16.3 Å². The predicted molar refractivity (Wildman–Crippen MR) is 82.4 cm³/mol. The summed E-state index contributed by atoms with van der Waals surface area (Å²) in [5, 5.41) is 13.2. The van der Waals surface area contributed by atoms with Gasteiger partial charge in [0.1, 0.15) is 5.75 Å². The van der Waals surface area contributed by atoms with Gasteiger partial charge in [-0.15, -0.1) is 0 Å². The molecule has 1 atom stereocenters. The highest BCUT2D eigenvalue weighted by atomic mass is 35.5. The summed E-state index contributed by atoms with van der Waals surface area (Å²) in [4.78, 5) is 0. The molecule has 2 aromatic carbocycles. The lowest BCUT2D eigenvalue weighted by Crippen LogP contribution is -2.08. The molecule has 20 heavy (non-hydrogen) atoms. The summed E-state index contributed by atoms with van der Waals surface area (Å²) in [5.41, 5.74) is 2.84. The standard InChI is InChI=1S/C16H18ClNO2/c1-11(13-5-3-4-12(8-13)10-19)18-15-9-14(17)6-7-16(15)20-2/h3-9,11,18-19H,10H2,1-2H3. The van der Waals surface area contributed by atoms with E-state index in [1.807, 2.05) is 36.4 Å². The molecule has 0 bridgehead atoms. The zero-order valence-corrected chi connectivity index (χ0v) is 12.3. The van der Waals surface area contributed by atoms with Crippen molar-refractivity contribution in [3.05, 3.63) is 58.6 Å².